The Bertz CT molecular complexity index is 283. The van der Waals surface area contributed by atoms with Crippen molar-refractivity contribution in [1.82, 2.24) is 0 Å². The minimum Gasteiger partial charge on any atom is -0.484 e. The highest BCUT2D eigenvalue weighted by molar-refractivity contribution is 8.01. The maximum Gasteiger partial charge on any atom is 0.170 e. The van der Waals surface area contributed by atoms with E-state index in [1.165, 1.54) is 4.90 Å². The van der Waals surface area contributed by atoms with E-state index in [0.717, 1.165) is 5.75 Å². The molecule has 0 aliphatic heterocycles. The first-order chi connectivity index (χ1) is 6.68. The number of thiocarbonyl (C=S) groups is 1. The van der Waals surface area contributed by atoms with Crippen molar-refractivity contribution in [3.63, 3.8) is 0 Å². The Morgan fingerprint density at radius 1 is 1.36 bits per heavy atom. The average molecular weight is 226 g/mol. The van der Waals surface area contributed by atoms with Gasteiger partial charge >= 0.3 is 0 Å². The van der Waals surface area contributed by atoms with Crippen molar-refractivity contribution >= 4 is 29.0 Å². The molecular weight excluding hydrogens is 212 g/mol. The minimum absolute atomic E-state index is 0.180. The first kappa shape index (κ1) is 11.5. The summed E-state index contributed by atoms with van der Waals surface area (Å²) in [6.07, 6.45) is 0.180. The SMILES string of the molecule is CC(C)OC(=S)CSc1ccccc1. The number of hydrogen-bond donors (Lipinski definition) is 0. The van der Waals surface area contributed by atoms with Gasteiger partial charge in [0.25, 0.3) is 0 Å². The fraction of sp³-hybridized carbons (Fsp3) is 0.364. The van der Waals surface area contributed by atoms with Gasteiger partial charge in [-0.2, -0.15) is 0 Å². The molecule has 76 valence electrons. The van der Waals surface area contributed by atoms with Crippen molar-refractivity contribution in [1.29, 1.82) is 0 Å². The Kier molecular flexibility index (Phi) is 4.98. The van der Waals surface area contributed by atoms with Crippen LogP contribution in [-0.4, -0.2) is 16.9 Å². The number of rotatable bonds is 4. The molecule has 0 saturated heterocycles. The number of hydrogen-bond acceptors (Lipinski definition) is 3. The van der Waals surface area contributed by atoms with Gasteiger partial charge in [-0.1, -0.05) is 18.2 Å². The molecule has 1 rings (SSSR count). The zero-order valence-corrected chi connectivity index (χ0v) is 10.0. The van der Waals surface area contributed by atoms with Gasteiger partial charge in [0.1, 0.15) is 0 Å². The molecule has 0 aliphatic rings. The quantitative estimate of drug-likeness (QED) is 0.574. The van der Waals surface area contributed by atoms with Crippen molar-refractivity contribution < 1.29 is 4.74 Å². The smallest absolute Gasteiger partial charge is 0.170 e. The average Bonchev–Trinajstić information content (AvgIpc) is 2.15. The van der Waals surface area contributed by atoms with Crippen molar-refractivity contribution in [2.45, 2.75) is 24.8 Å². The van der Waals surface area contributed by atoms with Crippen LogP contribution in [0.1, 0.15) is 13.8 Å². The van der Waals surface area contributed by atoms with Gasteiger partial charge in [-0.15, -0.1) is 11.8 Å². The van der Waals surface area contributed by atoms with Gasteiger partial charge in [-0.05, 0) is 38.2 Å². The van der Waals surface area contributed by atoms with Crippen LogP contribution >= 0.6 is 24.0 Å². The summed E-state index contributed by atoms with van der Waals surface area (Å²) in [6.45, 7) is 3.97. The maximum atomic E-state index is 5.38. The fourth-order valence-electron chi connectivity index (χ4n) is 0.956. The molecule has 0 spiro atoms. The van der Waals surface area contributed by atoms with E-state index in [0.29, 0.717) is 5.05 Å². The molecule has 0 atom stereocenters. The highest BCUT2D eigenvalue weighted by Gasteiger charge is 2.01. The largest absolute Gasteiger partial charge is 0.484 e. The van der Waals surface area contributed by atoms with Crippen LogP contribution in [0.5, 0.6) is 0 Å². The molecule has 0 saturated carbocycles. The van der Waals surface area contributed by atoms with E-state index in [1.54, 1.807) is 11.8 Å². The summed E-state index contributed by atoms with van der Waals surface area (Å²) in [4.78, 5) is 1.22. The molecule has 0 fully saturated rings. The second kappa shape index (κ2) is 6.04. The molecule has 0 N–H and O–H groups in total. The first-order valence-corrected chi connectivity index (χ1v) is 5.95. The van der Waals surface area contributed by atoms with E-state index in [2.05, 4.69) is 12.1 Å². The number of thioether (sulfide) groups is 1. The van der Waals surface area contributed by atoms with E-state index in [1.807, 2.05) is 32.0 Å². The monoisotopic (exact) mass is 226 g/mol. The van der Waals surface area contributed by atoms with Crippen LogP contribution < -0.4 is 0 Å². The lowest BCUT2D eigenvalue weighted by molar-refractivity contribution is 0.234. The molecule has 0 heterocycles. The highest BCUT2D eigenvalue weighted by atomic mass is 32.2. The second-order valence-electron chi connectivity index (χ2n) is 3.14. The van der Waals surface area contributed by atoms with Crippen molar-refractivity contribution in [3.8, 4) is 0 Å². The van der Waals surface area contributed by atoms with E-state index in [-0.39, 0.29) is 6.10 Å². The normalized spacial score (nSPS) is 10.2. The van der Waals surface area contributed by atoms with E-state index in [9.17, 15) is 0 Å². The third-order valence-corrected chi connectivity index (χ3v) is 2.90. The van der Waals surface area contributed by atoms with Gasteiger partial charge < -0.3 is 4.74 Å². The Morgan fingerprint density at radius 3 is 2.57 bits per heavy atom. The Morgan fingerprint density at radius 2 is 2.00 bits per heavy atom. The molecule has 1 aromatic rings. The molecule has 1 aromatic carbocycles. The van der Waals surface area contributed by atoms with Crippen molar-refractivity contribution in [2.75, 3.05) is 5.75 Å². The summed E-state index contributed by atoms with van der Waals surface area (Å²) in [5.41, 5.74) is 0. The van der Waals surface area contributed by atoms with Crippen LogP contribution in [0.25, 0.3) is 0 Å². The molecule has 0 amide bonds. The predicted molar refractivity (Wildman–Crippen MR) is 66.0 cm³/mol. The standard InChI is InChI=1S/C11H14OS2/c1-9(2)12-11(13)8-14-10-6-4-3-5-7-10/h3-7,9H,8H2,1-2H3. The Hall–Kier alpha value is -0.540. The Balaban J connectivity index is 2.31. The third kappa shape index (κ3) is 4.63. The molecule has 0 aliphatic carbocycles. The van der Waals surface area contributed by atoms with Crippen LogP contribution in [0, 0.1) is 0 Å². The number of benzene rings is 1. The lowest BCUT2D eigenvalue weighted by Gasteiger charge is -2.09. The summed E-state index contributed by atoms with van der Waals surface area (Å²) in [7, 11) is 0. The predicted octanol–water partition coefficient (Wildman–Crippen LogP) is 3.53. The van der Waals surface area contributed by atoms with Crippen LogP contribution in [0.15, 0.2) is 35.2 Å². The molecule has 0 radical (unpaired) electrons. The van der Waals surface area contributed by atoms with E-state index < -0.39 is 0 Å². The van der Waals surface area contributed by atoms with Gasteiger partial charge in [0.05, 0.1) is 11.9 Å². The first-order valence-electron chi connectivity index (χ1n) is 4.56. The van der Waals surface area contributed by atoms with Crippen LogP contribution in [0.3, 0.4) is 0 Å². The summed E-state index contributed by atoms with van der Waals surface area (Å²) < 4.78 is 5.38. The van der Waals surface area contributed by atoms with Gasteiger partial charge in [0, 0.05) is 4.90 Å². The van der Waals surface area contributed by atoms with E-state index >= 15 is 0 Å². The zero-order valence-electron chi connectivity index (χ0n) is 8.40. The lowest BCUT2D eigenvalue weighted by atomic mass is 10.4. The van der Waals surface area contributed by atoms with Crippen LogP contribution in [-0.2, 0) is 4.74 Å². The van der Waals surface area contributed by atoms with Gasteiger partial charge in [0.15, 0.2) is 5.05 Å². The Labute approximate surface area is 94.9 Å². The van der Waals surface area contributed by atoms with Gasteiger partial charge in [0.2, 0.25) is 0 Å². The summed E-state index contributed by atoms with van der Waals surface area (Å²) in [5, 5.41) is 0.675. The summed E-state index contributed by atoms with van der Waals surface area (Å²) >= 11 is 6.79. The van der Waals surface area contributed by atoms with Crippen molar-refractivity contribution in [3.05, 3.63) is 30.3 Å². The second-order valence-corrected chi connectivity index (χ2v) is 4.64. The molecule has 14 heavy (non-hydrogen) atoms. The molecule has 0 unspecified atom stereocenters. The zero-order chi connectivity index (χ0) is 10.4. The van der Waals surface area contributed by atoms with Gasteiger partial charge in [-0.3, -0.25) is 0 Å². The molecular formula is C11H14OS2. The number of ether oxygens (including phenoxy) is 1. The van der Waals surface area contributed by atoms with Gasteiger partial charge in [-0.25, -0.2) is 0 Å². The molecule has 1 nitrogen and oxygen atoms in total. The highest BCUT2D eigenvalue weighted by Crippen LogP contribution is 2.17. The summed E-state index contributed by atoms with van der Waals surface area (Å²) in [5.74, 6) is 0.748. The maximum absolute atomic E-state index is 5.38. The molecule has 0 bridgehead atoms. The van der Waals surface area contributed by atoms with Crippen molar-refractivity contribution in [2.24, 2.45) is 0 Å². The third-order valence-electron chi connectivity index (χ3n) is 1.47. The van der Waals surface area contributed by atoms with E-state index in [4.69, 9.17) is 17.0 Å². The molecule has 0 aromatic heterocycles. The molecule has 3 heteroatoms. The lowest BCUT2D eigenvalue weighted by Crippen LogP contribution is -2.11. The topological polar surface area (TPSA) is 9.23 Å². The fourth-order valence-corrected chi connectivity index (χ4v) is 2.03. The minimum atomic E-state index is 0.180. The van der Waals surface area contributed by atoms with Crippen LogP contribution in [0.4, 0.5) is 0 Å². The summed E-state index contributed by atoms with van der Waals surface area (Å²) in [6, 6.07) is 10.2. The van der Waals surface area contributed by atoms with Crippen LogP contribution in [0.2, 0.25) is 0 Å².